The van der Waals surface area contributed by atoms with Gasteiger partial charge in [0, 0.05) is 13.1 Å². The SMILES string of the molecule is CCCCCCCCN(C(=O)C(CC(N)=O)NC(=O)OC(C)(C)C)C(C(=O)NCc1ccccc1)c1ccc(O)cc1. The van der Waals surface area contributed by atoms with E-state index in [1.807, 2.05) is 30.3 Å². The molecule has 0 spiro atoms. The number of nitrogens with zero attached hydrogens (tertiary/aromatic N) is 1. The van der Waals surface area contributed by atoms with Crippen molar-refractivity contribution < 1.29 is 29.0 Å². The Labute approximate surface area is 249 Å². The molecule has 0 radical (unpaired) electrons. The zero-order chi connectivity index (χ0) is 31.1. The van der Waals surface area contributed by atoms with Crippen molar-refractivity contribution in [2.45, 2.75) is 96.9 Å². The Morgan fingerprint density at radius 3 is 2.14 bits per heavy atom. The maximum absolute atomic E-state index is 14.1. The van der Waals surface area contributed by atoms with Gasteiger partial charge < -0.3 is 31.1 Å². The van der Waals surface area contributed by atoms with Crippen molar-refractivity contribution in [1.82, 2.24) is 15.5 Å². The minimum atomic E-state index is -1.35. The minimum absolute atomic E-state index is 0.00851. The molecule has 0 aliphatic carbocycles. The van der Waals surface area contributed by atoms with Crippen LogP contribution >= 0.6 is 0 Å². The molecule has 5 N–H and O–H groups in total. The minimum Gasteiger partial charge on any atom is -0.508 e. The van der Waals surface area contributed by atoms with Crippen molar-refractivity contribution >= 4 is 23.8 Å². The third-order valence-electron chi connectivity index (χ3n) is 6.51. The number of alkyl carbamates (subject to hydrolysis) is 1. The van der Waals surface area contributed by atoms with Gasteiger partial charge >= 0.3 is 6.09 Å². The summed E-state index contributed by atoms with van der Waals surface area (Å²) in [5.74, 6) is -1.87. The molecule has 0 aromatic heterocycles. The highest BCUT2D eigenvalue weighted by molar-refractivity contribution is 5.94. The maximum atomic E-state index is 14.1. The van der Waals surface area contributed by atoms with E-state index < -0.39 is 47.9 Å². The molecular formula is C32H46N4O6. The molecule has 10 heteroatoms. The van der Waals surface area contributed by atoms with E-state index in [-0.39, 0.29) is 18.8 Å². The molecule has 2 atom stereocenters. The number of nitrogens with one attached hydrogen (secondary N) is 2. The molecule has 0 fully saturated rings. The highest BCUT2D eigenvalue weighted by Gasteiger charge is 2.36. The van der Waals surface area contributed by atoms with Gasteiger partial charge in [0.05, 0.1) is 6.42 Å². The number of rotatable bonds is 16. The Kier molecular flexibility index (Phi) is 13.8. The molecule has 10 nitrogen and oxygen atoms in total. The number of benzene rings is 2. The first-order chi connectivity index (χ1) is 19.9. The van der Waals surface area contributed by atoms with Crippen LogP contribution in [0.4, 0.5) is 4.79 Å². The highest BCUT2D eigenvalue weighted by Crippen LogP contribution is 2.26. The van der Waals surface area contributed by atoms with E-state index in [0.717, 1.165) is 37.7 Å². The molecule has 2 aromatic rings. The number of phenolic OH excluding ortho intramolecular Hbond substituents is 1. The number of unbranched alkanes of at least 4 members (excludes halogenated alkanes) is 5. The van der Waals surface area contributed by atoms with Crippen LogP contribution in [0.3, 0.4) is 0 Å². The van der Waals surface area contributed by atoms with Gasteiger partial charge in [0.25, 0.3) is 0 Å². The topological polar surface area (TPSA) is 151 Å². The summed E-state index contributed by atoms with van der Waals surface area (Å²) >= 11 is 0. The molecule has 4 amide bonds. The number of amides is 4. The molecule has 0 saturated heterocycles. The number of hydrogen-bond acceptors (Lipinski definition) is 6. The zero-order valence-electron chi connectivity index (χ0n) is 25.2. The summed E-state index contributed by atoms with van der Waals surface area (Å²) in [4.78, 5) is 53.9. The Hall–Kier alpha value is -4.08. The number of phenols is 1. The molecule has 0 bridgehead atoms. The standard InChI is InChI=1S/C32H46N4O6/c1-5-6-7-8-9-13-20-36(30(40)26(21-27(33)38)35-31(41)42-32(2,3)4)28(24-16-18-25(37)19-17-24)29(39)34-22-23-14-11-10-12-15-23/h10-12,14-19,26,28,37H,5-9,13,20-22H2,1-4H3,(H2,33,38)(H,34,39)(H,35,41). The number of carbonyl (C=O) groups excluding carboxylic acids is 4. The summed E-state index contributed by atoms with van der Waals surface area (Å²) in [6.07, 6.45) is 4.33. The fraction of sp³-hybridized carbons (Fsp3) is 0.500. The Morgan fingerprint density at radius 1 is 0.929 bits per heavy atom. The number of aromatic hydroxyl groups is 1. The molecule has 2 aromatic carbocycles. The Bertz CT molecular complexity index is 1150. The maximum Gasteiger partial charge on any atom is 0.408 e. The number of nitrogens with two attached hydrogens (primary N) is 1. The molecule has 42 heavy (non-hydrogen) atoms. The number of ether oxygens (including phenoxy) is 1. The first kappa shape index (κ1) is 34.1. The molecule has 0 aliphatic rings. The quantitative estimate of drug-likeness (QED) is 0.211. The van der Waals surface area contributed by atoms with Crippen LogP contribution in [0.15, 0.2) is 54.6 Å². The predicted molar refractivity (Wildman–Crippen MR) is 161 cm³/mol. The molecular weight excluding hydrogens is 536 g/mol. The lowest BCUT2D eigenvalue weighted by Crippen LogP contribution is -2.54. The molecule has 0 saturated carbocycles. The van der Waals surface area contributed by atoms with Crippen molar-refractivity contribution in [3.63, 3.8) is 0 Å². The van der Waals surface area contributed by atoms with Gasteiger partial charge in [-0.15, -0.1) is 0 Å². The van der Waals surface area contributed by atoms with Crippen LogP contribution in [0.2, 0.25) is 0 Å². The number of hydrogen-bond donors (Lipinski definition) is 4. The van der Waals surface area contributed by atoms with Crippen molar-refractivity contribution in [3.05, 3.63) is 65.7 Å². The molecule has 2 unspecified atom stereocenters. The van der Waals surface area contributed by atoms with Gasteiger partial charge in [0.2, 0.25) is 17.7 Å². The monoisotopic (exact) mass is 582 g/mol. The smallest absolute Gasteiger partial charge is 0.408 e. The average molecular weight is 583 g/mol. The largest absolute Gasteiger partial charge is 0.508 e. The van der Waals surface area contributed by atoms with Gasteiger partial charge in [0.1, 0.15) is 23.4 Å². The van der Waals surface area contributed by atoms with Crippen molar-refractivity contribution in [3.8, 4) is 5.75 Å². The van der Waals surface area contributed by atoms with Gasteiger partial charge in [-0.1, -0.05) is 81.5 Å². The van der Waals surface area contributed by atoms with E-state index in [1.54, 1.807) is 32.9 Å². The highest BCUT2D eigenvalue weighted by atomic mass is 16.6. The van der Waals surface area contributed by atoms with Crippen molar-refractivity contribution in [1.29, 1.82) is 0 Å². The van der Waals surface area contributed by atoms with Gasteiger partial charge in [-0.05, 0) is 50.5 Å². The van der Waals surface area contributed by atoms with Crippen LogP contribution in [0.25, 0.3) is 0 Å². The van der Waals surface area contributed by atoms with Crippen LogP contribution in [0.5, 0.6) is 5.75 Å². The first-order valence-corrected chi connectivity index (χ1v) is 14.6. The van der Waals surface area contributed by atoms with E-state index in [4.69, 9.17) is 10.5 Å². The van der Waals surface area contributed by atoms with Gasteiger partial charge in [-0.3, -0.25) is 14.4 Å². The van der Waals surface area contributed by atoms with Crippen molar-refractivity contribution in [2.75, 3.05) is 6.54 Å². The predicted octanol–water partition coefficient (Wildman–Crippen LogP) is 4.71. The first-order valence-electron chi connectivity index (χ1n) is 14.6. The van der Waals surface area contributed by atoms with Crippen molar-refractivity contribution in [2.24, 2.45) is 5.73 Å². The second-order valence-corrected chi connectivity index (χ2v) is 11.4. The summed E-state index contributed by atoms with van der Waals surface area (Å²) in [5.41, 5.74) is 5.97. The second kappa shape index (κ2) is 17.0. The lowest BCUT2D eigenvalue weighted by atomic mass is 10.0. The van der Waals surface area contributed by atoms with Crippen LogP contribution in [0.1, 0.15) is 89.8 Å². The summed E-state index contributed by atoms with van der Waals surface area (Å²) in [5, 5.41) is 15.3. The third-order valence-corrected chi connectivity index (χ3v) is 6.51. The van der Waals surface area contributed by atoms with Crippen LogP contribution in [0, 0.1) is 0 Å². The lowest BCUT2D eigenvalue weighted by Gasteiger charge is -2.34. The summed E-state index contributed by atoms with van der Waals surface area (Å²) in [7, 11) is 0. The normalized spacial score (nSPS) is 12.6. The van der Waals surface area contributed by atoms with E-state index in [1.165, 1.54) is 17.0 Å². The number of carbonyl (C=O) groups is 4. The third kappa shape index (κ3) is 12.2. The molecule has 2 rings (SSSR count). The van der Waals surface area contributed by atoms with Gasteiger partial charge in [0.15, 0.2) is 0 Å². The summed E-state index contributed by atoms with van der Waals surface area (Å²) < 4.78 is 5.33. The Balaban J connectivity index is 2.44. The fourth-order valence-electron chi connectivity index (χ4n) is 4.49. The van der Waals surface area contributed by atoms with E-state index in [9.17, 15) is 24.3 Å². The zero-order valence-corrected chi connectivity index (χ0v) is 25.2. The summed E-state index contributed by atoms with van der Waals surface area (Å²) in [6, 6.07) is 13.0. The molecule has 0 heterocycles. The fourth-order valence-corrected chi connectivity index (χ4v) is 4.49. The van der Waals surface area contributed by atoms with Gasteiger partial charge in [-0.25, -0.2) is 4.79 Å². The number of primary amides is 1. The molecule has 230 valence electrons. The Morgan fingerprint density at radius 2 is 1.55 bits per heavy atom. The second-order valence-electron chi connectivity index (χ2n) is 11.4. The van der Waals surface area contributed by atoms with Gasteiger partial charge in [-0.2, -0.15) is 0 Å². The molecule has 0 aliphatic heterocycles. The average Bonchev–Trinajstić information content (AvgIpc) is 2.92. The van der Waals surface area contributed by atoms with Crippen LogP contribution in [-0.2, 0) is 25.7 Å². The van der Waals surface area contributed by atoms with E-state index >= 15 is 0 Å². The van der Waals surface area contributed by atoms with Crippen LogP contribution in [-0.4, -0.2) is 52.0 Å². The lowest BCUT2D eigenvalue weighted by molar-refractivity contribution is -0.143. The summed E-state index contributed by atoms with van der Waals surface area (Å²) in [6.45, 7) is 7.60. The van der Waals surface area contributed by atoms with Crippen LogP contribution < -0.4 is 16.4 Å². The van der Waals surface area contributed by atoms with E-state index in [2.05, 4.69) is 17.6 Å². The van der Waals surface area contributed by atoms with E-state index in [0.29, 0.717) is 12.0 Å².